The molecule has 156 valence electrons. The van der Waals surface area contributed by atoms with E-state index in [4.69, 9.17) is 13.9 Å². The highest BCUT2D eigenvalue weighted by Gasteiger charge is 2.27. The highest BCUT2D eigenvalue weighted by atomic mass is 16.5. The molecule has 1 aliphatic heterocycles. The minimum atomic E-state index is -0.365. The third kappa shape index (κ3) is 4.46. The highest BCUT2D eigenvalue weighted by molar-refractivity contribution is 5.67. The molecule has 0 aliphatic carbocycles. The number of aryl methyl sites for hydroxylation is 1. The quantitative estimate of drug-likeness (QED) is 0.657. The molecule has 1 atom stereocenters. The molecule has 0 saturated carbocycles. The third-order valence-corrected chi connectivity index (χ3v) is 5.15. The number of nitrogens with zero attached hydrogens (tertiary/aromatic N) is 2. The summed E-state index contributed by atoms with van der Waals surface area (Å²) in [4.78, 5) is 16.2. The Morgan fingerprint density at radius 3 is 2.70 bits per heavy atom. The van der Waals surface area contributed by atoms with E-state index in [1.54, 1.807) is 0 Å². The molecule has 30 heavy (non-hydrogen) atoms. The molecule has 0 spiro atoms. The van der Waals surface area contributed by atoms with Crippen molar-refractivity contribution in [2.45, 2.75) is 25.8 Å². The first-order chi connectivity index (χ1) is 14.6. The molecular weight excluding hydrogens is 382 g/mol. The molecular formula is C23H25N3O4. The number of carbonyl (C=O) groups is 1. The first-order valence-corrected chi connectivity index (χ1v) is 10.00. The van der Waals surface area contributed by atoms with Gasteiger partial charge in [0.15, 0.2) is 0 Å². The lowest BCUT2D eigenvalue weighted by Crippen LogP contribution is -2.37. The van der Waals surface area contributed by atoms with Gasteiger partial charge < -0.3 is 13.9 Å². The Morgan fingerprint density at radius 2 is 1.97 bits per heavy atom. The summed E-state index contributed by atoms with van der Waals surface area (Å²) in [5, 5.41) is 1.50. The van der Waals surface area contributed by atoms with Crippen LogP contribution in [0, 0.1) is 6.92 Å². The van der Waals surface area contributed by atoms with Crippen LogP contribution >= 0.6 is 0 Å². The van der Waals surface area contributed by atoms with Crippen LogP contribution in [-0.4, -0.2) is 36.3 Å². The number of aromatic nitrogens is 1. The molecule has 4 rings (SSSR count). The maximum Gasteiger partial charge on any atom is 0.423 e. The minimum Gasteiger partial charge on any atom is -0.493 e. The maximum absolute atomic E-state index is 11.6. The monoisotopic (exact) mass is 407 g/mol. The van der Waals surface area contributed by atoms with E-state index in [0.717, 1.165) is 34.8 Å². The van der Waals surface area contributed by atoms with Gasteiger partial charge in [-0.05, 0) is 43.2 Å². The molecule has 1 N–H and O–H groups in total. The molecule has 1 aromatic heterocycles. The number of nitrogens with one attached hydrogen (secondary N) is 1. The molecule has 0 unspecified atom stereocenters. The summed E-state index contributed by atoms with van der Waals surface area (Å²) in [6.45, 7) is 3.06. The van der Waals surface area contributed by atoms with Crippen molar-refractivity contribution in [1.29, 1.82) is 0 Å². The Kier molecular flexibility index (Phi) is 5.99. The Morgan fingerprint density at radius 1 is 1.20 bits per heavy atom. The fraction of sp³-hybridized carbons (Fsp3) is 0.304. The Balaban J connectivity index is 1.30. The molecule has 7 nitrogen and oxygen atoms in total. The van der Waals surface area contributed by atoms with Gasteiger partial charge in [-0.2, -0.15) is 0 Å². The maximum atomic E-state index is 11.6. The van der Waals surface area contributed by atoms with E-state index in [2.05, 4.69) is 10.4 Å². The second-order valence-corrected chi connectivity index (χ2v) is 7.15. The van der Waals surface area contributed by atoms with Crippen molar-refractivity contribution in [2.75, 3.05) is 20.3 Å². The van der Waals surface area contributed by atoms with Crippen LogP contribution in [0.2, 0.25) is 0 Å². The molecule has 2 heterocycles. The summed E-state index contributed by atoms with van der Waals surface area (Å²) in [6.07, 6.45) is 1.14. The molecule has 1 amide bonds. The van der Waals surface area contributed by atoms with Crippen molar-refractivity contribution in [3.63, 3.8) is 0 Å². The summed E-state index contributed by atoms with van der Waals surface area (Å²) in [5.41, 5.74) is 6.14. The number of carbonyl (C=O) groups excluding carboxylic acids is 1. The van der Waals surface area contributed by atoms with Crippen molar-refractivity contribution in [2.24, 2.45) is 0 Å². The summed E-state index contributed by atoms with van der Waals surface area (Å²) < 4.78 is 16.4. The van der Waals surface area contributed by atoms with Gasteiger partial charge in [0.1, 0.15) is 11.5 Å². The Hall–Kier alpha value is -3.32. The molecule has 0 radical (unpaired) electrons. The number of rotatable bonds is 6. The number of ether oxygens (including phenoxy) is 2. The number of oxazole rings is 1. The number of hydrogen-bond donors (Lipinski definition) is 1. The third-order valence-electron chi connectivity index (χ3n) is 5.15. The fourth-order valence-corrected chi connectivity index (χ4v) is 3.50. The van der Waals surface area contributed by atoms with Gasteiger partial charge in [0.05, 0.1) is 25.5 Å². The van der Waals surface area contributed by atoms with Crippen molar-refractivity contribution in [3.05, 3.63) is 71.6 Å². The lowest BCUT2D eigenvalue weighted by molar-refractivity contribution is 0.114. The normalized spacial score (nSPS) is 15.9. The molecule has 0 bridgehead atoms. The van der Waals surface area contributed by atoms with Crippen molar-refractivity contribution in [3.8, 4) is 17.2 Å². The van der Waals surface area contributed by atoms with Crippen LogP contribution in [0.15, 0.2) is 59.0 Å². The van der Waals surface area contributed by atoms with Gasteiger partial charge in [0.25, 0.3) is 0 Å². The van der Waals surface area contributed by atoms with E-state index in [1.165, 1.54) is 12.1 Å². The molecule has 2 aromatic carbocycles. The van der Waals surface area contributed by atoms with E-state index in [1.807, 2.05) is 61.5 Å². The largest absolute Gasteiger partial charge is 0.493 e. The predicted molar refractivity (Wildman–Crippen MR) is 112 cm³/mol. The zero-order valence-electron chi connectivity index (χ0n) is 17.1. The van der Waals surface area contributed by atoms with Crippen LogP contribution in [-0.2, 0) is 11.2 Å². The van der Waals surface area contributed by atoms with Crippen LogP contribution in [0.25, 0.3) is 11.5 Å². The van der Waals surface area contributed by atoms with Gasteiger partial charge >= 0.3 is 6.09 Å². The molecule has 1 saturated heterocycles. The zero-order valence-corrected chi connectivity index (χ0v) is 17.1. The number of methoxy groups -OCH3 is 1. The zero-order chi connectivity index (χ0) is 20.9. The Labute approximate surface area is 175 Å². The van der Waals surface area contributed by atoms with Gasteiger partial charge in [-0.25, -0.2) is 20.2 Å². The van der Waals surface area contributed by atoms with Crippen LogP contribution in [0.1, 0.15) is 29.5 Å². The summed E-state index contributed by atoms with van der Waals surface area (Å²) >= 11 is 0. The molecule has 3 aromatic rings. The van der Waals surface area contributed by atoms with Crippen molar-refractivity contribution < 1.29 is 18.7 Å². The minimum absolute atomic E-state index is 0.0901. The number of hydrogen-bond acceptors (Lipinski definition) is 6. The highest BCUT2D eigenvalue weighted by Crippen LogP contribution is 2.25. The lowest BCUT2D eigenvalue weighted by Gasteiger charge is -2.16. The number of amides is 1. The van der Waals surface area contributed by atoms with Gasteiger partial charge in [-0.3, -0.25) is 0 Å². The average Bonchev–Trinajstić information content (AvgIpc) is 3.42. The summed E-state index contributed by atoms with van der Waals surface area (Å²) in [5.74, 6) is 2.25. The Bertz CT molecular complexity index is 985. The van der Waals surface area contributed by atoms with Gasteiger partial charge in [0, 0.05) is 18.5 Å². The molecule has 7 heteroatoms. The predicted octanol–water partition coefficient (Wildman–Crippen LogP) is 4.29. The van der Waals surface area contributed by atoms with Gasteiger partial charge in [0.2, 0.25) is 5.89 Å². The second-order valence-electron chi connectivity index (χ2n) is 7.15. The van der Waals surface area contributed by atoms with Crippen LogP contribution in [0.4, 0.5) is 4.79 Å². The fourth-order valence-electron chi connectivity index (χ4n) is 3.50. The van der Waals surface area contributed by atoms with Crippen LogP contribution < -0.4 is 10.2 Å². The van der Waals surface area contributed by atoms with E-state index in [9.17, 15) is 4.79 Å². The van der Waals surface area contributed by atoms with Crippen LogP contribution in [0.3, 0.4) is 0 Å². The topological polar surface area (TPSA) is 76.8 Å². The first-order valence-electron chi connectivity index (χ1n) is 10.00. The SMILES string of the molecule is COC(=O)N1CC[C@H](c2ccc(OCCc3nc(-c4ccccc4)oc3C)cc2)N1. The number of hydrazine groups is 1. The van der Waals surface area contributed by atoms with Gasteiger partial charge in [-0.1, -0.05) is 30.3 Å². The van der Waals surface area contributed by atoms with E-state index < -0.39 is 0 Å². The lowest BCUT2D eigenvalue weighted by atomic mass is 10.1. The van der Waals surface area contributed by atoms with E-state index in [-0.39, 0.29) is 12.1 Å². The van der Waals surface area contributed by atoms with E-state index >= 15 is 0 Å². The second kappa shape index (κ2) is 9.00. The first kappa shape index (κ1) is 20.0. The summed E-state index contributed by atoms with van der Waals surface area (Å²) in [7, 11) is 1.38. The average molecular weight is 407 g/mol. The van der Waals surface area contributed by atoms with Crippen LogP contribution in [0.5, 0.6) is 5.75 Å². The standard InChI is InChI=1S/C23H25N3O4/c1-16-20(24-22(30-16)18-6-4-3-5-7-18)13-15-29-19-10-8-17(9-11-19)21-12-14-26(25-21)23(27)28-2/h3-11,21,25H,12-15H2,1-2H3/t21-/m1/s1. The van der Waals surface area contributed by atoms with E-state index in [0.29, 0.717) is 25.5 Å². The number of benzene rings is 2. The smallest absolute Gasteiger partial charge is 0.423 e. The van der Waals surface area contributed by atoms with Crippen molar-refractivity contribution >= 4 is 6.09 Å². The summed E-state index contributed by atoms with van der Waals surface area (Å²) in [6, 6.07) is 17.9. The molecule has 1 fully saturated rings. The molecule has 1 aliphatic rings. The van der Waals surface area contributed by atoms with Gasteiger partial charge in [-0.15, -0.1) is 0 Å². The van der Waals surface area contributed by atoms with Crippen molar-refractivity contribution in [1.82, 2.24) is 15.4 Å².